The first-order chi connectivity index (χ1) is 6.68. The molecule has 0 spiro atoms. The molecular formula is C10H10O4. The number of ether oxygens (including phenoxy) is 2. The van der Waals surface area contributed by atoms with Gasteiger partial charge >= 0.3 is 0 Å². The normalized spacial score (nSPS) is 44.3. The number of fused-ring (bicyclic) bond motifs is 2. The molecule has 1 aliphatic carbocycles. The molecule has 74 valence electrons. The van der Waals surface area contributed by atoms with Gasteiger partial charge in [0.2, 0.25) is 0 Å². The molecule has 0 radical (unpaired) electrons. The fourth-order valence-corrected chi connectivity index (χ4v) is 1.97. The van der Waals surface area contributed by atoms with Crippen LogP contribution in [0.4, 0.5) is 0 Å². The summed E-state index contributed by atoms with van der Waals surface area (Å²) in [6.45, 7) is 1.85. The summed E-state index contributed by atoms with van der Waals surface area (Å²) in [6.07, 6.45) is 1.62. The Morgan fingerprint density at radius 2 is 2.29 bits per heavy atom. The smallest absolute Gasteiger partial charge is 0.194 e. The Balaban J connectivity index is 2.04. The molecule has 1 saturated carbocycles. The first kappa shape index (κ1) is 8.20. The first-order valence-electron chi connectivity index (χ1n) is 4.64. The first-order valence-corrected chi connectivity index (χ1v) is 4.64. The van der Waals surface area contributed by atoms with Gasteiger partial charge in [0.05, 0.1) is 6.26 Å². The molecule has 4 heteroatoms. The van der Waals surface area contributed by atoms with E-state index < -0.39 is 12.2 Å². The van der Waals surface area contributed by atoms with Crippen LogP contribution in [0.15, 0.2) is 23.5 Å². The van der Waals surface area contributed by atoms with E-state index in [1.807, 2.05) is 6.92 Å². The van der Waals surface area contributed by atoms with Crippen LogP contribution in [0.5, 0.6) is 0 Å². The van der Waals surface area contributed by atoms with Gasteiger partial charge in [-0.1, -0.05) is 0 Å². The molecule has 0 bridgehead atoms. The van der Waals surface area contributed by atoms with E-state index >= 15 is 0 Å². The lowest BCUT2D eigenvalue weighted by Crippen LogP contribution is -2.34. The van der Waals surface area contributed by atoms with Crippen molar-refractivity contribution in [2.75, 3.05) is 0 Å². The van der Waals surface area contributed by atoms with E-state index in [1.54, 1.807) is 6.08 Å². The summed E-state index contributed by atoms with van der Waals surface area (Å²) in [5.41, 5.74) is 1.13. The summed E-state index contributed by atoms with van der Waals surface area (Å²) < 4.78 is 10.3. The van der Waals surface area contributed by atoms with Gasteiger partial charge in [-0.2, -0.15) is 0 Å². The maximum atomic E-state index is 11.7. The van der Waals surface area contributed by atoms with Crippen molar-refractivity contribution in [3.8, 4) is 0 Å². The van der Waals surface area contributed by atoms with Gasteiger partial charge in [0, 0.05) is 11.1 Å². The van der Waals surface area contributed by atoms with Crippen molar-refractivity contribution >= 4 is 5.78 Å². The van der Waals surface area contributed by atoms with Gasteiger partial charge in [-0.25, -0.2) is 0 Å². The highest BCUT2D eigenvalue weighted by Gasteiger charge is 2.57. The Labute approximate surface area is 80.8 Å². The van der Waals surface area contributed by atoms with Crippen LogP contribution in [-0.2, 0) is 14.3 Å². The molecule has 2 heterocycles. The minimum atomic E-state index is -0.712. The van der Waals surface area contributed by atoms with Gasteiger partial charge in [0.15, 0.2) is 5.78 Å². The number of hydrogen-bond acceptors (Lipinski definition) is 4. The molecule has 4 atom stereocenters. The summed E-state index contributed by atoms with van der Waals surface area (Å²) >= 11 is 0. The van der Waals surface area contributed by atoms with E-state index in [2.05, 4.69) is 0 Å². The van der Waals surface area contributed by atoms with Crippen LogP contribution in [0.25, 0.3) is 0 Å². The highest BCUT2D eigenvalue weighted by molar-refractivity contribution is 6.06. The van der Waals surface area contributed by atoms with Crippen LogP contribution in [0.2, 0.25) is 0 Å². The summed E-state index contributed by atoms with van der Waals surface area (Å²) in [4.78, 5) is 11.7. The number of rotatable bonds is 0. The van der Waals surface area contributed by atoms with Gasteiger partial charge in [0.25, 0.3) is 0 Å². The van der Waals surface area contributed by atoms with Crippen LogP contribution in [0.3, 0.4) is 0 Å². The third kappa shape index (κ3) is 0.923. The second kappa shape index (κ2) is 2.46. The molecule has 3 aliphatic rings. The molecule has 0 aromatic rings. The second-order valence-corrected chi connectivity index (χ2v) is 3.83. The van der Waals surface area contributed by atoms with E-state index in [1.165, 1.54) is 6.26 Å². The largest absolute Gasteiger partial charge is 0.494 e. The van der Waals surface area contributed by atoms with Crippen LogP contribution in [0.1, 0.15) is 6.92 Å². The SMILES string of the molecule is CC1C=C2C(=O)[C@@H]3O[C@@H]3[C@H](O)C2=CO1. The number of carbonyl (C=O) groups is 1. The van der Waals surface area contributed by atoms with Gasteiger partial charge in [-0.05, 0) is 13.0 Å². The molecule has 1 unspecified atom stereocenters. The Hall–Kier alpha value is -1.13. The van der Waals surface area contributed by atoms with Gasteiger partial charge in [0.1, 0.15) is 24.4 Å². The Morgan fingerprint density at radius 1 is 1.50 bits per heavy atom. The average molecular weight is 194 g/mol. The molecule has 3 rings (SSSR count). The zero-order valence-electron chi connectivity index (χ0n) is 7.64. The number of carbonyl (C=O) groups excluding carboxylic acids is 1. The van der Waals surface area contributed by atoms with Crippen molar-refractivity contribution in [3.63, 3.8) is 0 Å². The number of Topliss-reactive ketones (excluding diaryl/α,β-unsaturated/α-hetero) is 1. The molecule has 14 heavy (non-hydrogen) atoms. The van der Waals surface area contributed by atoms with Gasteiger partial charge in [-0.15, -0.1) is 0 Å². The predicted molar refractivity (Wildman–Crippen MR) is 46.4 cm³/mol. The Morgan fingerprint density at radius 3 is 3.07 bits per heavy atom. The summed E-state index contributed by atoms with van der Waals surface area (Å²) in [7, 11) is 0. The molecular weight excluding hydrogens is 184 g/mol. The topological polar surface area (TPSA) is 59.1 Å². The second-order valence-electron chi connectivity index (χ2n) is 3.83. The van der Waals surface area contributed by atoms with E-state index in [9.17, 15) is 9.90 Å². The van der Waals surface area contributed by atoms with Crippen molar-refractivity contribution in [3.05, 3.63) is 23.5 Å². The maximum absolute atomic E-state index is 11.7. The monoisotopic (exact) mass is 194 g/mol. The summed E-state index contributed by atoms with van der Waals surface area (Å²) in [6, 6.07) is 0. The third-order valence-electron chi connectivity index (χ3n) is 2.80. The summed E-state index contributed by atoms with van der Waals surface area (Å²) in [5.74, 6) is -0.0262. The standard InChI is InChI=1S/C10H10O4/c1-4-2-5-6(3-13-4)8(12)10-9(14-10)7(5)11/h2-4,8-10,12H,1H3/t4?,8-,9+,10-/m1/s1. The lowest BCUT2D eigenvalue weighted by molar-refractivity contribution is -0.117. The van der Waals surface area contributed by atoms with Crippen molar-refractivity contribution in [2.45, 2.75) is 31.3 Å². The molecule has 0 aromatic carbocycles. The maximum Gasteiger partial charge on any atom is 0.194 e. The fraction of sp³-hybridized carbons (Fsp3) is 0.500. The zero-order chi connectivity index (χ0) is 9.87. The van der Waals surface area contributed by atoms with Crippen LogP contribution in [-0.4, -0.2) is 35.3 Å². The van der Waals surface area contributed by atoms with Gasteiger partial charge in [-0.3, -0.25) is 4.79 Å². The molecule has 1 saturated heterocycles. The van der Waals surface area contributed by atoms with E-state index in [0.717, 1.165) is 0 Å². The quantitative estimate of drug-likeness (QED) is 0.548. The van der Waals surface area contributed by atoms with E-state index in [-0.39, 0.29) is 18.0 Å². The van der Waals surface area contributed by atoms with Crippen LogP contribution in [0, 0.1) is 0 Å². The molecule has 1 N–H and O–H groups in total. The zero-order valence-corrected chi connectivity index (χ0v) is 7.64. The van der Waals surface area contributed by atoms with E-state index in [0.29, 0.717) is 11.1 Å². The number of epoxide rings is 1. The summed E-state index contributed by atoms with van der Waals surface area (Å²) in [5, 5.41) is 9.75. The van der Waals surface area contributed by atoms with Crippen LogP contribution >= 0.6 is 0 Å². The average Bonchev–Trinajstić information content (AvgIpc) is 2.94. The highest BCUT2D eigenvalue weighted by Crippen LogP contribution is 2.41. The lowest BCUT2D eigenvalue weighted by Gasteiger charge is -2.24. The fourth-order valence-electron chi connectivity index (χ4n) is 1.97. The predicted octanol–water partition coefficient (Wildman–Crippen LogP) is -0.0736. The van der Waals surface area contributed by atoms with Crippen molar-refractivity contribution in [2.24, 2.45) is 0 Å². The molecule has 0 aromatic heterocycles. The van der Waals surface area contributed by atoms with Gasteiger partial charge < -0.3 is 14.6 Å². The number of ketones is 1. The highest BCUT2D eigenvalue weighted by atomic mass is 16.6. The molecule has 2 fully saturated rings. The molecule has 0 amide bonds. The lowest BCUT2D eigenvalue weighted by atomic mass is 9.85. The van der Waals surface area contributed by atoms with Crippen molar-refractivity contribution in [1.29, 1.82) is 0 Å². The number of aliphatic hydroxyl groups excluding tert-OH is 1. The van der Waals surface area contributed by atoms with Crippen LogP contribution < -0.4 is 0 Å². The molecule has 2 aliphatic heterocycles. The van der Waals surface area contributed by atoms with Crippen molar-refractivity contribution in [1.82, 2.24) is 0 Å². The van der Waals surface area contributed by atoms with Crippen molar-refractivity contribution < 1.29 is 19.4 Å². The van der Waals surface area contributed by atoms with E-state index in [4.69, 9.17) is 9.47 Å². The number of aliphatic hydroxyl groups is 1. The Kier molecular flexibility index (Phi) is 1.44. The number of hydrogen-bond donors (Lipinski definition) is 1. The minimum absolute atomic E-state index is 0.0262. The molecule has 4 nitrogen and oxygen atoms in total. The third-order valence-corrected chi connectivity index (χ3v) is 2.80. The minimum Gasteiger partial charge on any atom is -0.494 e. The Bertz CT molecular complexity index is 368.